The minimum absolute atomic E-state index is 0. The van der Waals surface area contributed by atoms with Crippen molar-refractivity contribution in [3.8, 4) is 0 Å². The molecule has 1 aromatic rings. The van der Waals surface area contributed by atoms with Gasteiger partial charge in [-0.05, 0) is 17.7 Å². The average molecular weight is 763 g/mol. The molecule has 0 aromatic carbocycles. The van der Waals surface area contributed by atoms with Crippen LogP contribution in [0.4, 0.5) is 0 Å². The maximum atomic E-state index is 10.9. The van der Waals surface area contributed by atoms with E-state index in [0.717, 1.165) is 5.69 Å². The van der Waals surface area contributed by atoms with E-state index in [1.165, 1.54) is 17.8 Å². The number of halogens is 3. The van der Waals surface area contributed by atoms with E-state index in [9.17, 15) is 4.79 Å². The highest BCUT2D eigenvalue weighted by Crippen LogP contribution is 2.21. The molecule has 0 saturated carbocycles. The molecule has 1 heterocycles. The number of rotatable bonds is 1. The average Bonchev–Trinajstić information content (AvgIpc) is 2.63. The first kappa shape index (κ1) is 34.1. The van der Waals surface area contributed by atoms with Gasteiger partial charge in [0.2, 0.25) is 0 Å². The van der Waals surface area contributed by atoms with Gasteiger partial charge in [-0.2, -0.15) is 0 Å². The number of pyridine rings is 1. The Kier molecular flexibility index (Phi) is 25.3. The fourth-order valence-corrected chi connectivity index (χ4v) is 29.4. The molecule has 1 aromatic heterocycles. The second-order valence-corrected chi connectivity index (χ2v) is 27.3. The van der Waals surface area contributed by atoms with Crippen LogP contribution in [0.15, 0.2) is 16.7 Å². The van der Waals surface area contributed by atoms with Crippen LogP contribution < -0.4 is 4.98 Å². The Balaban J connectivity index is 0. The first-order valence-electron chi connectivity index (χ1n) is 6.41. The lowest BCUT2D eigenvalue weighted by molar-refractivity contribution is -0.410. The van der Waals surface area contributed by atoms with Gasteiger partial charge >= 0.3 is 0 Å². The van der Waals surface area contributed by atoms with Crippen molar-refractivity contribution in [2.24, 2.45) is 0 Å². The van der Waals surface area contributed by atoms with Crippen LogP contribution in [0.2, 0.25) is 0 Å². The lowest BCUT2D eigenvalue weighted by Crippen LogP contribution is -2.26. The molecule has 1 N–H and O–H groups in total. The standard InChI is InChI=1S/C10H11BrClNO.ClH.S14/c1-10(2,3)7-5-4-6(9(12)14)8(11)13-7;;1-3-5-7-9-11-13-14-12-10-8-6-4-2/h4-5H,1-3H3;1H;/p+1. The quantitative estimate of drug-likeness (QED) is 0.326. The molecule has 0 radical (unpaired) electrons. The highest BCUT2D eigenvalue weighted by molar-refractivity contribution is 9.10. The fourth-order valence-electron chi connectivity index (χ4n) is 1.17. The smallest absolute Gasteiger partial charge is 0.259 e. The molecule has 0 aliphatic heterocycles. The van der Waals surface area contributed by atoms with E-state index < -0.39 is 5.24 Å². The van der Waals surface area contributed by atoms with Gasteiger partial charge in [0.25, 0.3) is 9.85 Å². The summed E-state index contributed by atoms with van der Waals surface area (Å²) in [6.07, 6.45) is 0. The third-order valence-electron chi connectivity index (χ3n) is 2.22. The molecule has 0 aliphatic carbocycles. The van der Waals surface area contributed by atoms with E-state index in [2.05, 4.69) is 41.7 Å². The summed E-state index contributed by atoms with van der Waals surface area (Å²) in [4.78, 5) is 14.1. The summed E-state index contributed by atoms with van der Waals surface area (Å²) < 4.78 is 0.630. The number of aromatic nitrogens is 1. The second-order valence-electron chi connectivity index (χ2n) is 4.94. The molecule has 168 valence electrons. The summed E-state index contributed by atoms with van der Waals surface area (Å²) in [7, 11) is 19.9. The first-order chi connectivity index (χ1) is 13.2. The Morgan fingerprint density at radius 1 is 0.897 bits per heavy atom. The lowest BCUT2D eigenvalue weighted by atomic mass is 9.91. The molecular weight excluding hydrogens is 750 g/mol. The second kappa shape index (κ2) is 21.5. The molecule has 0 aliphatic rings. The third kappa shape index (κ3) is 19.0. The molecule has 0 atom stereocenters. The molecule has 1 rings (SSSR count). The van der Waals surface area contributed by atoms with Crippen molar-refractivity contribution < 1.29 is 9.78 Å². The summed E-state index contributed by atoms with van der Waals surface area (Å²) in [5, 5.41) is -0.464. The van der Waals surface area contributed by atoms with Gasteiger partial charge in [-0.25, -0.2) is 4.98 Å². The Hall–Kier alpha value is 2.96. The van der Waals surface area contributed by atoms with E-state index in [4.69, 9.17) is 34.0 Å². The van der Waals surface area contributed by atoms with Gasteiger partial charge in [-0.3, -0.25) is 4.79 Å². The third-order valence-corrected chi connectivity index (χ3v) is 27.5. The van der Waals surface area contributed by atoms with E-state index in [-0.39, 0.29) is 17.8 Å². The number of carbonyl (C=O) groups is 1. The monoisotopic (exact) mass is 760 g/mol. The fraction of sp³-hybridized carbons (Fsp3) is 0.400. The predicted octanol–water partition coefficient (Wildman–Crippen LogP) is 3.33. The van der Waals surface area contributed by atoms with Crippen molar-refractivity contribution in [2.45, 2.75) is 26.2 Å². The zero-order chi connectivity index (χ0) is 21.4. The van der Waals surface area contributed by atoms with Crippen LogP contribution in [0.25, 0.3) is 0 Å². The number of carbonyl (C=O) groups excluding carboxylic acids is 1. The predicted molar refractivity (Wildman–Crippen MR) is 170 cm³/mol. The van der Waals surface area contributed by atoms with E-state index in [0.29, 0.717) is 10.2 Å². The van der Waals surface area contributed by atoms with Crippen LogP contribution in [0.5, 0.6) is 0 Å². The van der Waals surface area contributed by atoms with Crippen LogP contribution in [0.1, 0.15) is 36.8 Å². The van der Waals surface area contributed by atoms with Gasteiger partial charge < -0.3 is 0 Å². The molecule has 0 fully saturated rings. The Bertz CT molecular complexity index is 1160. The summed E-state index contributed by atoms with van der Waals surface area (Å²) in [6, 6.07) is 3.59. The van der Waals surface area contributed by atoms with Gasteiger partial charge in [-0.15, -0.1) is 12.4 Å². The molecule has 0 unspecified atom stereocenters. The van der Waals surface area contributed by atoms with Crippen LogP contribution in [-0.2, 0) is 134 Å². The van der Waals surface area contributed by atoms with Crippen molar-refractivity contribution in [1.29, 1.82) is 0 Å². The molecule has 0 saturated heterocycles. The molecule has 0 amide bonds. The molecular formula is C10H13BrCl2NOS14+. The molecule has 19 heteroatoms. The maximum Gasteiger partial charge on any atom is 0.259 e. The Morgan fingerprint density at radius 2 is 1.28 bits per heavy atom. The van der Waals surface area contributed by atoms with Gasteiger partial charge in [-0.1, -0.05) is 20.8 Å². The van der Waals surface area contributed by atoms with Crippen LogP contribution >= 0.6 is 39.9 Å². The van der Waals surface area contributed by atoms with Gasteiger partial charge in [0.05, 0.1) is 0 Å². The summed E-state index contributed by atoms with van der Waals surface area (Å²) >= 11 is 18.1. The SMILES string of the molecule is CC(C)(C)c1ccc(C(=O)Cl)c(Br)[nH+]1.Cl.S=S=S=S=S=S=S=S=S=S=S=S=S=S. The van der Waals surface area contributed by atoms with E-state index in [1.54, 1.807) is 94.9 Å². The lowest BCUT2D eigenvalue weighted by Gasteiger charge is -2.12. The number of hydrogen-bond acceptors (Lipinski definition) is 3. The van der Waals surface area contributed by atoms with Crippen molar-refractivity contribution >= 4 is 174 Å². The van der Waals surface area contributed by atoms with Crippen molar-refractivity contribution in [1.82, 2.24) is 0 Å². The minimum atomic E-state index is -0.464. The molecule has 0 bridgehead atoms. The van der Waals surface area contributed by atoms with E-state index >= 15 is 0 Å². The van der Waals surface area contributed by atoms with Gasteiger partial charge in [0.15, 0.2) is 5.69 Å². The maximum absolute atomic E-state index is 10.9. The summed E-state index contributed by atoms with van der Waals surface area (Å²) in [5.41, 5.74) is 1.53. The Morgan fingerprint density at radius 3 is 1.55 bits per heavy atom. The summed E-state index contributed by atoms with van der Waals surface area (Å²) in [6.45, 7) is 6.27. The highest BCUT2D eigenvalue weighted by atomic mass is 79.9. The van der Waals surface area contributed by atoms with E-state index in [1.807, 2.05) is 6.07 Å². The van der Waals surface area contributed by atoms with Crippen LogP contribution in [-0.4, -0.2) is 5.24 Å². The van der Waals surface area contributed by atoms with Gasteiger partial charge in [0.1, 0.15) is 5.56 Å². The van der Waals surface area contributed by atoms with Crippen molar-refractivity contribution in [2.75, 3.05) is 0 Å². The Labute approximate surface area is 234 Å². The van der Waals surface area contributed by atoms with Crippen LogP contribution in [0.3, 0.4) is 0 Å². The zero-order valence-electron chi connectivity index (χ0n) is 14.4. The number of H-pyrrole nitrogens is 1. The number of nitrogens with one attached hydrogen (secondary N) is 1. The van der Waals surface area contributed by atoms with Gasteiger partial charge in [0, 0.05) is 156 Å². The normalized spacial score (nSPS) is 9.00. The molecule has 29 heavy (non-hydrogen) atoms. The summed E-state index contributed by atoms with van der Waals surface area (Å²) in [5.74, 6) is 0. The number of aromatic amines is 1. The highest BCUT2D eigenvalue weighted by Gasteiger charge is 2.23. The van der Waals surface area contributed by atoms with Crippen molar-refractivity contribution in [3.63, 3.8) is 0 Å². The molecule has 0 spiro atoms. The first-order valence-corrected chi connectivity index (χ1v) is 24.9. The van der Waals surface area contributed by atoms with Crippen molar-refractivity contribution in [3.05, 3.63) is 28.0 Å². The number of hydrogen-bond donors (Lipinski definition) is 0. The van der Waals surface area contributed by atoms with Crippen LogP contribution in [0, 0.1) is 0 Å². The minimum Gasteiger partial charge on any atom is -0.275 e. The largest absolute Gasteiger partial charge is 0.275 e. The topological polar surface area (TPSA) is 31.2 Å². The molecule has 2 nitrogen and oxygen atoms in total. The zero-order valence-corrected chi connectivity index (χ0v) is 29.0.